The van der Waals surface area contributed by atoms with Gasteiger partial charge in [0.25, 0.3) is 5.91 Å². The number of nitrogens with zero attached hydrogens (tertiary/aromatic N) is 2. The monoisotopic (exact) mass is 396 g/mol. The van der Waals surface area contributed by atoms with Crippen molar-refractivity contribution in [1.29, 1.82) is 0 Å². The van der Waals surface area contributed by atoms with Gasteiger partial charge in [0.15, 0.2) is 10.8 Å². The molecule has 0 aliphatic carbocycles. The number of nitrogen functional groups attached to an aromatic ring is 1. The van der Waals surface area contributed by atoms with Crippen LogP contribution in [0.1, 0.15) is 22.3 Å². The summed E-state index contributed by atoms with van der Waals surface area (Å²) in [5.41, 5.74) is 8.39. The summed E-state index contributed by atoms with van der Waals surface area (Å²) in [6.07, 6.45) is 0. The fourth-order valence-electron chi connectivity index (χ4n) is 1.43. The summed E-state index contributed by atoms with van der Waals surface area (Å²) in [5, 5.41) is 3.76. The summed E-state index contributed by atoms with van der Waals surface area (Å²) in [6, 6.07) is 3.53. The van der Waals surface area contributed by atoms with Gasteiger partial charge in [0.2, 0.25) is 0 Å². The number of carbonyl (C=O) groups excluding carboxylic acids is 1. The molecule has 3 N–H and O–H groups in total. The second kappa shape index (κ2) is 7.02. The number of rotatable bonds is 3. The first-order chi connectivity index (χ1) is 10.3. The summed E-state index contributed by atoms with van der Waals surface area (Å²) < 4.78 is 0.623. The Labute approximate surface area is 150 Å². The Morgan fingerprint density at radius 3 is 2.55 bits per heavy atom. The molecule has 1 amide bonds. The second-order valence-electron chi connectivity index (χ2n) is 4.03. The highest BCUT2D eigenvalue weighted by atomic mass is 35.5. The van der Waals surface area contributed by atoms with Crippen molar-refractivity contribution in [3.63, 3.8) is 0 Å². The van der Waals surface area contributed by atoms with Gasteiger partial charge in [-0.15, -0.1) is 11.3 Å². The van der Waals surface area contributed by atoms with Gasteiger partial charge in [0.05, 0.1) is 25.6 Å². The first-order valence-corrected chi connectivity index (χ1v) is 8.04. The number of aromatic nitrogens is 1. The van der Waals surface area contributed by atoms with E-state index >= 15 is 0 Å². The van der Waals surface area contributed by atoms with Gasteiger partial charge in [-0.3, -0.25) is 4.79 Å². The SMILES string of the molecule is C/C(=N\NC(=O)c1nc(Cl)c(Cl)c(N)c1Cl)c1ccc(Cl)s1. The Morgan fingerprint density at radius 1 is 1.27 bits per heavy atom. The molecule has 0 fully saturated rings. The predicted molar refractivity (Wildman–Crippen MR) is 92.7 cm³/mol. The van der Waals surface area contributed by atoms with E-state index in [2.05, 4.69) is 15.5 Å². The highest BCUT2D eigenvalue weighted by molar-refractivity contribution is 7.18. The van der Waals surface area contributed by atoms with E-state index in [9.17, 15) is 4.79 Å². The average Bonchev–Trinajstić information content (AvgIpc) is 2.92. The minimum absolute atomic E-state index is 0.00359. The lowest BCUT2D eigenvalue weighted by Gasteiger charge is -2.08. The topological polar surface area (TPSA) is 80.4 Å². The molecule has 0 atom stereocenters. The molecule has 0 aromatic carbocycles. The molecule has 10 heteroatoms. The number of nitrogens with one attached hydrogen (secondary N) is 1. The number of amides is 1. The second-order valence-corrected chi connectivity index (χ2v) is 6.86. The number of hydrazone groups is 1. The lowest BCUT2D eigenvalue weighted by Crippen LogP contribution is -2.21. The largest absolute Gasteiger partial charge is 0.396 e. The number of nitrogens with two attached hydrogens (primary N) is 1. The number of halogens is 4. The molecular formula is C12H8Cl4N4OS. The van der Waals surface area contributed by atoms with Crippen LogP contribution in [0.25, 0.3) is 0 Å². The third kappa shape index (κ3) is 3.64. The Morgan fingerprint density at radius 2 is 1.95 bits per heavy atom. The van der Waals surface area contributed by atoms with E-state index in [-0.39, 0.29) is 26.6 Å². The Kier molecular flexibility index (Phi) is 5.52. The number of hydrogen-bond donors (Lipinski definition) is 2. The number of hydrogen-bond acceptors (Lipinski definition) is 5. The van der Waals surface area contributed by atoms with Crippen molar-refractivity contribution >= 4 is 75.0 Å². The molecule has 0 unspecified atom stereocenters. The van der Waals surface area contributed by atoms with Crippen molar-refractivity contribution in [3.05, 3.63) is 42.2 Å². The van der Waals surface area contributed by atoms with Crippen LogP contribution in [0.2, 0.25) is 19.5 Å². The molecule has 0 spiro atoms. The first kappa shape index (κ1) is 17.3. The molecule has 0 saturated carbocycles. The van der Waals surface area contributed by atoms with Crippen LogP contribution in [0.3, 0.4) is 0 Å². The number of thiophene rings is 1. The molecule has 0 aliphatic heterocycles. The first-order valence-electron chi connectivity index (χ1n) is 5.71. The van der Waals surface area contributed by atoms with Crippen molar-refractivity contribution < 1.29 is 4.79 Å². The summed E-state index contributed by atoms with van der Waals surface area (Å²) in [7, 11) is 0. The minimum atomic E-state index is -0.655. The Hall–Kier alpha value is -1.05. The van der Waals surface area contributed by atoms with E-state index in [4.69, 9.17) is 52.1 Å². The molecule has 2 rings (SSSR count). The molecule has 0 radical (unpaired) electrons. The maximum absolute atomic E-state index is 12.1. The highest BCUT2D eigenvalue weighted by Gasteiger charge is 2.19. The Bertz CT molecular complexity index is 775. The molecule has 0 saturated heterocycles. The van der Waals surface area contributed by atoms with Crippen LogP contribution in [0, 0.1) is 0 Å². The number of anilines is 1. The van der Waals surface area contributed by atoms with Gasteiger partial charge in [-0.2, -0.15) is 5.10 Å². The van der Waals surface area contributed by atoms with Gasteiger partial charge in [0.1, 0.15) is 5.02 Å². The van der Waals surface area contributed by atoms with Gasteiger partial charge in [-0.25, -0.2) is 10.4 Å². The van der Waals surface area contributed by atoms with Crippen LogP contribution in [0.15, 0.2) is 17.2 Å². The van der Waals surface area contributed by atoms with E-state index in [1.807, 2.05) is 0 Å². The molecule has 0 bridgehead atoms. The smallest absolute Gasteiger partial charge is 0.291 e. The normalized spacial score (nSPS) is 11.6. The van der Waals surface area contributed by atoms with Gasteiger partial charge >= 0.3 is 0 Å². The lowest BCUT2D eigenvalue weighted by atomic mass is 10.3. The van der Waals surface area contributed by atoms with Gasteiger partial charge in [-0.05, 0) is 19.1 Å². The number of carbonyl (C=O) groups is 1. The fraction of sp³-hybridized carbons (Fsp3) is 0.0833. The zero-order valence-corrected chi connectivity index (χ0v) is 14.8. The van der Waals surface area contributed by atoms with Crippen molar-refractivity contribution in [2.75, 3.05) is 5.73 Å². The van der Waals surface area contributed by atoms with Crippen LogP contribution >= 0.6 is 57.7 Å². The maximum atomic E-state index is 12.1. The van der Waals surface area contributed by atoms with E-state index < -0.39 is 5.91 Å². The standard InChI is InChI=1S/C12H8Cl4N4OS/c1-4(5-2-3-6(13)22-5)19-20-12(21)10-7(14)9(17)8(15)11(16)18-10/h2-3H,1H3,(H2,17,18)(H,20,21)/b19-4+. The van der Waals surface area contributed by atoms with Crippen LogP contribution in [0.4, 0.5) is 5.69 Å². The summed E-state index contributed by atoms with van der Waals surface area (Å²) >= 11 is 24.7. The van der Waals surface area contributed by atoms with Crippen molar-refractivity contribution in [2.24, 2.45) is 5.10 Å². The summed E-state index contributed by atoms with van der Waals surface area (Å²) in [4.78, 5) is 16.7. The maximum Gasteiger partial charge on any atom is 0.291 e. The molecule has 2 heterocycles. The highest BCUT2D eigenvalue weighted by Crippen LogP contribution is 2.34. The predicted octanol–water partition coefficient (Wildman–Crippen LogP) is 4.49. The number of pyridine rings is 1. The lowest BCUT2D eigenvalue weighted by molar-refractivity contribution is 0.0950. The van der Waals surface area contributed by atoms with Crippen LogP contribution in [-0.2, 0) is 0 Å². The van der Waals surface area contributed by atoms with E-state index in [0.29, 0.717) is 10.0 Å². The molecule has 0 aliphatic rings. The van der Waals surface area contributed by atoms with E-state index in [0.717, 1.165) is 4.88 Å². The van der Waals surface area contributed by atoms with E-state index in [1.54, 1.807) is 19.1 Å². The van der Waals surface area contributed by atoms with Crippen LogP contribution in [0.5, 0.6) is 0 Å². The van der Waals surface area contributed by atoms with Crippen molar-refractivity contribution in [1.82, 2.24) is 10.4 Å². The molecule has 2 aromatic heterocycles. The van der Waals surface area contributed by atoms with Crippen LogP contribution in [-0.4, -0.2) is 16.6 Å². The quantitative estimate of drug-likeness (QED) is 0.454. The molecular weight excluding hydrogens is 390 g/mol. The van der Waals surface area contributed by atoms with Gasteiger partial charge < -0.3 is 5.73 Å². The fourth-order valence-corrected chi connectivity index (χ4v) is 3.02. The molecule has 2 aromatic rings. The average molecular weight is 398 g/mol. The van der Waals surface area contributed by atoms with Crippen molar-refractivity contribution in [3.8, 4) is 0 Å². The minimum Gasteiger partial charge on any atom is -0.396 e. The molecule has 5 nitrogen and oxygen atoms in total. The Balaban J connectivity index is 2.23. The van der Waals surface area contributed by atoms with Crippen LogP contribution < -0.4 is 11.2 Å². The zero-order valence-electron chi connectivity index (χ0n) is 11.0. The van der Waals surface area contributed by atoms with E-state index in [1.165, 1.54) is 11.3 Å². The van der Waals surface area contributed by atoms with Gasteiger partial charge in [0, 0.05) is 0 Å². The summed E-state index contributed by atoms with van der Waals surface area (Å²) in [6.45, 7) is 1.72. The molecule has 116 valence electrons. The van der Waals surface area contributed by atoms with Crippen molar-refractivity contribution in [2.45, 2.75) is 6.92 Å². The third-order valence-electron chi connectivity index (χ3n) is 2.54. The summed E-state index contributed by atoms with van der Waals surface area (Å²) in [5.74, 6) is -0.655. The third-order valence-corrected chi connectivity index (χ3v) is 5.02. The molecule has 22 heavy (non-hydrogen) atoms. The van der Waals surface area contributed by atoms with Gasteiger partial charge in [-0.1, -0.05) is 46.4 Å². The zero-order chi connectivity index (χ0) is 16.4.